The lowest BCUT2D eigenvalue weighted by Gasteiger charge is -2.07. The van der Waals surface area contributed by atoms with Gasteiger partial charge in [-0.25, -0.2) is 0 Å². The van der Waals surface area contributed by atoms with Crippen molar-refractivity contribution in [1.29, 1.82) is 0 Å². The van der Waals surface area contributed by atoms with Crippen LogP contribution in [-0.2, 0) is 6.54 Å². The van der Waals surface area contributed by atoms with Crippen LogP contribution in [-0.4, -0.2) is 4.57 Å². The first kappa shape index (κ1) is 11.2. The number of aromatic nitrogens is 1. The van der Waals surface area contributed by atoms with Crippen molar-refractivity contribution in [3.05, 3.63) is 49.5 Å². The summed E-state index contributed by atoms with van der Waals surface area (Å²) in [6.07, 6.45) is 0. The van der Waals surface area contributed by atoms with Crippen molar-refractivity contribution in [2.75, 3.05) is 5.73 Å². The largest absolute Gasteiger partial charge is 0.398 e. The Bertz CT molecular complexity index is 574. The fourth-order valence-corrected chi connectivity index (χ4v) is 2.39. The third kappa shape index (κ3) is 2.13. The first-order chi connectivity index (χ1) is 7.58. The van der Waals surface area contributed by atoms with E-state index in [2.05, 4.69) is 0 Å². The molecule has 0 aliphatic heterocycles. The number of hydrogen-bond acceptors (Lipinski definition) is 3. The number of nitrogens with zero attached hydrogens (tertiary/aromatic N) is 1. The summed E-state index contributed by atoms with van der Waals surface area (Å²) in [7, 11) is 0. The van der Waals surface area contributed by atoms with Gasteiger partial charge in [-0.15, -0.1) is 0 Å². The highest BCUT2D eigenvalue weighted by Gasteiger charge is 2.06. The number of halogens is 1. The van der Waals surface area contributed by atoms with E-state index < -0.39 is 0 Å². The van der Waals surface area contributed by atoms with E-state index in [1.807, 2.05) is 18.4 Å². The molecule has 0 bridgehead atoms. The van der Waals surface area contributed by atoms with Gasteiger partial charge in [0.2, 0.25) is 0 Å². The zero-order valence-corrected chi connectivity index (χ0v) is 10.3. The maximum Gasteiger partial charge on any atom is 0.307 e. The number of nitrogen functional groups attached to an aromatic ring is 1. The van der Waals surface area contributed by atoms with Crippen LogP contribution in [0, 0.1) is 6.92 Å². The molecule has 16 heavy (non-hydrogen) atoms. The van der Waals surface area contributed by atoms with E-state index in [1.54, 1.807) is 16.7 Å². The Morgan fingerprint density at radius 1 is 1.50 bits per heavy atom. The van der Waals surface area contributed by atoms with Crippen LogP contribution in [0.15, 0.2) is 28.4 Å². The molecule has 0 radical (unpaired) electrons. The normalized spacial score (nSPS) is 10.6. The summed E-state index contributed by atoms with van der Waals surface area (Å²) in [4.78, 5) is 11.6. The Hall–Kier alpha value is -1.26. The molecule has 84 valence electrons. The van der Waals surface area contributed by atoms with Gasteiger partial charge in [-0.3, -0.25) is 9.36 Å². The molecule has 0 saturated carbocycles. The van der Waals surface area contributed by atoms with Crippen LogP contribution in [0.4, 0.5) is 5.69 Å². The van der Waals surface area contributed by atoms with Gasteiger partial charge in [-0.1, -0.05) is 29.0 Å². The molecule has 0 saturated heterocycles. The summed E-state index contributed by atoms with van der Waals surface area (Å²) >= 11 is 7.01. The predicted molar refractivity (Wildman–Crippen MR) is 68.3 cm³/mol. The second kappa shape index (κ2) is 4.31. The monoisotopic (exact) mass is 254 g/mol. The minimum absolute atomic E-state index is 0.0341. The van der Waals surface area contributed by atoms with Gasteiger partial charge in [-0.05, 0) is 24.6 Å². The molecule has 0 aliphatic carbocycles. The minimum atomic E-state index is 0.0341. The fraction of sp³-hybridized carbons (Fsp3) is 0.182. The van der Waals surface area contributed by atoms with Gasteiger partial charge in [0.15, 0.2) is 0 Å². The second-order valence-corrected chi connectivity index (χ2v) is 4.83. The van der Waals surface area contributed by atoms with E-state index in [-0.39, 0.29) is 4.87 Å². The third-order valence-corrected chi connectivity index (χ3v) is 3.53. The standard InChI is InChI=1S/C11H11ClN2OS/c1-7-6-16-11(15)14(7)5-8-2-3-9(12)4-10(8)13/h2-4,6H,5,13H2,1H3. The van der Waals surface area contributed by atoms with E-state index in [1.165, 1.54) is 11.3 Å². The Labute approximate surface area is 102 Å². The molecular weight excluding hydrogens is 244 g/mol. The van der Waals surface area contributed by atoms with Crippen molar-refractivity contribution >= 4 is 28.6 Å². The number of nitrogens with two attached hydrogens (primary N) is 1. The summed E-state index contributed by atoms with van der Waals surface area (Å²) in [5, 5.41) is 2.45. The van der Waals surface area contributed by atoms with Gasteiger partial charge in [0.25, 0.3) is 0 Å². The minimum Gasteiger partial charge on any atom is -0.398 e. The van der Waals surface area contributed by atoms with Crippen LogP contribution in [0.25, 0.3) is 0 Å². The van der Waals surface area contributed by atoms with E-state index in [0.717, 1.165) is 11.3 Å². The molecule has 3 nitrogen and oxygen atoms in total. The van der Waals surface area contributed by atoms with Crippen LogP contribution < -0.4 is 10.6 Å². The molecule has 0 amide bonds. The first-order valence-corrected chi connectivity index (χ1v) is 6.02. The topological polar surface area (TPSA) is 48.0 Å². The summed E-state index contributed by atoms with van der Waals surface area (Å²) in [5.41, 5.74) is 8.32. The molecule has 5 heteroatoms. The van der Waals surface area contributed by atoms with E-state index in [4.69, 9.17) is 17.3 Å². The maximum absolute atomic E-state index is 11.5. The molecule has 2 N–H and O–H groups in total. The Balaban J connectivity index is 2.38. The molecule has 0 fully saturated rings. The Morgan fingerprint density at radius 2 is 2.25 bits per heavy atom. The van der Waals surface area contributed by atoms with Crippen LogP contribution in [0.3, 0.4) is 0 Å². The summed E-state index contributed by atoms with van der Waals surface area (Å²) in [6.45, 7) is 2.40. The molecule has 0 spiro atoms. The average molecular weight is 255 g/mol. The van der Waals surface area contributed by atoms with Crippen LogP contribution in [0.2, 0.25) is 5.02 Å². The lowest BCUT2D eigenvalue weighted by Crippen LogP contribution is -2.16. The average Bonchev–Trinajstić information content (AvgIpc) is 2.53. The third-order valence-electron chi connectivity index (χ3n) is 2.41. The highest BCUT2D eigenvalue weighted by Crippen LogP contribution is 2.19. The highest BCUT2D eigenvalue weighted by molar-refractivity contribution is 7.07. The number of anilines is 1. The number of hydrogen-bond donors (Lipinski definition) is 1. The summed E-state index contributed by atoms with van der Waals surface area (Å²) in [5.74, 6) is 0. The van der Waals surface area contributed by atoms with E-state index >= 15 is 0 Å². The van der Waals surface area contributed by atoms with E-state index in [9.17, 15) is 4.79 Å². The van der Waals surface area contributed by atoms with Crippen LogP contribution in [0.1, 0.15) is 11.3 Å². The molecule has 2 aromatic rings. The fourth-order valence-electron chi connectivity index (χ4n) is 1.48. The zero-order chi connectivity index (χ0) is 11.7. The molecule has 2 rings (SSSR count). The van der Waals surface area contributed by atoms with Crippen molar-refractivity contribution in [3.63, 3.8) is 0 Å². The molecule has 1 aromatic carbocycles. The number of thiazole rings is 1. The number of aryl methyl sites for hydroxylation is 1. The number of benzene rings is 1. The molecule has 0 unspecified atom stereocenters. The molecular formula is C11H11ClN2OS. The number of rotatable bonds is 2. The van der Waals surface area contributed by atoms with Crippen molar-refractivity contribution in [3.8, 4) is 0 Å². The lowest BCUT2D eigenvalue weighted by atomic mass is 10.2. The SMILES string of the molecule is Cc1csc(=O)n1Cc1ccc(Cl)cc1N. The zero-order valence-electron chi connectivity index (χ0n) is 8.74. The van der Waals surface area contributed by atoms with Gasteiger partial charge >= 0.3 is 4.87 Å². The smallest absolute Gasteiger partial charge is 0.307 e. The summed E-state index contributed by atoms with van der Waals surface area (Å²) < 4.78 is 1.70. The highest BCUT2D eigenvalue weighted by atomic mass is 35.5. The van der Waals surface area contributed by atoms with E-state index in [0.29, 0.717) is 17.3 Å². The van der Waals surface area contributed by atoms with Crippen LogP contribution in [0.5, 0.6) is 0 Å². The predicted octanol–water partition coefficient (Wildman–Crippen LogP) is 2.50. The van der Waals surface area contributed by atoms with Crippen molar-refractivity contribution in [2.24, 2.45) is 0 Å². The Morgan fingerprint density at radius 3 is 2.81 bits per heavy atom. The molecule has 1 aromatic heterocycles. The van der Waals surface area contributed by atoms with Gasteiger partial charge in [0, 0.05) is 21.8 Å². The quantitative estimate of drug-likeness (QED) is 0.837. The maximum atomic E-state index is 11.5. The first-order valence-electron chi connectivity index (χ1n) is 4.77. The van der Waals surface area contributed by atoms with Crippen molar-refractivity contribution < 1.29 is 0 Å². The molecule has 0 atom stereocenters. The van der Waals surface area contributed by atoms with Crippen LogP contribution >= 0.6 is 22.9 Å². The summed E-state index contributed by atoms with van der Waals surface area (Å²) in [6, 6.07) is 5.32. The molecule has 0 aliphatic rings. The van der Waals surface area contributed by atoms with Crippen molar-refractivity contribution in [1.82, 2.24) is 4.57 Å². The molecule has 1 heterocycles. The van der Waals surface area contributed by atoms with Gasteiger partial charge in [0.05, 0.1) is 6.54 Å². The van der Waals surface area contributed by atoms with Gasteiger partial charge < -0.3 is 5.73 Å². The van der Waals surface area contributed by atoms with Crippen molar-refractivity contribution in [2.45, 2.75) is 13.5 Å². The Kier molecular flexibility index (Phi) is 3.03. The lowest BCUT2D eigenvalue weighted by molar-refractivity contribution is 0.756. The van der Waals surface area contributed by atoms with Gasteiger partial charge in [-0.2, -0.15) is 0 Å². The van der Waals surface area contributed by atoms with Gasteiger partial charge in [0.1, 0.15) is 0 Å². The second-order valence-electron chi connectivity index (χ2n) is 3.57.